The normalized spacial score (nSPS) is 20.6. The summed E-state index contributed by atoms with van der Waals surface area (Å²) in [5.74, 6) is 3.42. The summed E-state index contributed by atoms with van der Waals surface area (Å²) in [6.07, 6.45) is 13.8. The first kappa shape index (κ1) is 9.73. The molecule has 0 unspecified atom stereocenters. The molecule has 1 aliphatic carbocycles. The van der Waals surface area contributed by atoms with Gasteiger partial charge < -0.3 is 5.32 Å². The fourth-order valence-corrected chi connectivity index (χ4v) is 2.61. The average Bonchev–Trinajstić information content (AvgIpc) is 2.26. The molecule has 0 aromatic carbocycles. The Hall–Kier alpha value is -0.810. The van der Waals surface area contributed by atoms with Crippen molar-refractivity contribution >= 4 is 11.8 Å². The van der Waals surface area contributed by atoms with Gasteiger partial charge in [-0.15, -0.1) is 6.42 Å². The van der Waals surface area contributed by atoms with Gasteiger partial charge in [0.2, 0.25) is 0 Å². The molecule has 0 spiro atoms. The highest BCUT2D eigenvalue weighted by Gasteiger charge is 2.16. The molecule has 0 saturated heterocycles. The van der Waals surface area contributed by atoms with E-state index in [0.717, 1.165) is 12.2 Å². The minimum Gasteiger partial charge on any atom is -0.354 e. The molecule has 0 fully saturated rings. The second-order valence-corrected chi connectivity index (χ2v) is 4.70. The van der Waals surface area contributed by atoms with E-state index in [1.54, 1.807) is 17.3 Å². The van der Waals surface area contributed by atoms with Gasteiger partial charge >= 0.3 is 0 Å². The summed E-state index contributed by atoms with van der Waals surface area (Å²) in [4.78, 5) is 0. The number of terminal acetylenes is 1. The highest BCUT2D eigenvalue weighted by Crippen LogP contribution is 2.31. The lowest BCUT2D eigenvalue weighted by Crippen LogP contribution is -2.19. The molecule has 14 heavy (non-hydrogen) atoms. The number of nitrogens with one attached hydrogen (secondary N) is 1. The van der Waals surface area contributed by atoms with Crippen LogP contribution in [0.4, 0.5) is 0 Å². The molecule has 1 nitrogen and oxygen atoms in total. The largest absolute Gasteiger partial charge is 0.354 e. The van der Waals surface area contributed by atoms with Gasteiger partial charge in [0.25, 0.3) is 0 Å². The molecule has 0 bridgehead atoms. The van der Waals surface area contributed by atoms with Crippen LogP contribution in [0.5, 0.6) is 0 Å². The Morgan fingerprint density at radius 1 is 1.43 bits per heavy atom. The molecular weight excluding hydrogens is 190 g/mol. The van der Waals surface area contributed by atoms with Crippen LogP contribution in [0.3, 0.4) is 0 Å². The zero-order valence-corrected chi connectivity index (χ0v) is 9.12. The van der Waals surface area contributed by atoms with E-state index in [4.69, 9.17) is 6.42 Å². The minimum atomic E-state index is 0.765. The van der Waals surface area contributed by atoms with E-state index < -0.39 is 0 Å². The zero-order chi connectivity index (χ0) is 9.80. The molecule has 2 rings (SSSR count). The summed E-state index contributed by atoms with van der Waals surface area (Å²) in [6, 6.07) is 0. The third-order valence-corrected chi connectivity index (χ3v) is 3.59. The summed E-state index contributed by atoms with van der Waals surface area (Å²) in [6.45, 7) is 0. The second kappa shape index (κ2) is 4.61. The van der Waals surface area contributed by atoms with E-state index in [1.807, 2.05) is 0 Å². The first-order valence-corrected chi connectivity index (χ1v) is 6.13. The Bertz CT molecular complexity index is 320. The Kier molecular flexibility index (Phi) is 3.21. The van der Waals surface area contributed by atoms with Crippen LogP contribution in [-0.4, -0.2) is 5.75 Å². The van der Waals surface area contributed by atoms with Crippen LogP contribution in [0.1, 0.15) is 32.1 Å². The molecule has 0 aromatic rings. The number of dihydropyridines is 1. The second-order valence-electron chi connectivity index (χ2n) is 3.68. The summed E-state index contributed by atoms with van der Waals surface area (Å²) in [5.41, 5.74) is 3.08. The fraction of sp³-hybridized carbons (Fsp3) is 0.500. The lowest BCUT2D eigenvalue weighted by molar-refractivity contribution is 0.626. The Morgan fingerprint density at radius 3 is 3.14 bits per heavy atom. The van der Waals surface area contributed by atoms with Gasteiger partial charge in [-0.1, -0.05) is 23.8 Å². The van der Waals surface area contributed by atoms with Crippen LogP contribution in [-0.2, 0) is 0 Å². The average molecular weight is 205 g/mol. The van der Waals surface area contributed by atoms with Crippen molar-refractivity contribution in [1.29, 1.82) is 0 Å². The Balaban J connectivity index is 1.96. The summed E-state index contributed by atoms with van der Waals surface area (Å²) in [7, 11) is 0. The van der Waals surface area contributed by atoms with Crippen molar-refractivity contribution in [1.82, 2.24) is 5.32 Å². The molecule has 74 valence electrons. The highest BCUT2D eigenvalue weighted by molar-refractivity contribution is 8.03. The third kappa shape index (κ3) is 2.16. The van der Waals surface area contributed by atoms with Crippen molar-refractivity contribution in [2.24, 2.45) is 0 Å². The van der Waals surface area contributed by atoms with Gasteiger partial charge in [0.1, 0.15) is 0 Å². The van der Waals surface area contributed by atoms with E-state index in [-0.39, 0.29) is 0 Å². The predicted molar refractivity (Wildman–Crippen MR) is 62.6 cm³/mol. The molecule has 0 aromatic heterocycles. The van der Waals surface area contributed by atoms with Crippen molar-refractivity contribution in [2.45, 2.75) is 32.1 Å². The lowest BCUT2D eigenvalue weighted by atomic mass is 9.93. The van der Waals surface area contributed by atoms with Crippen molar-refractivity contribution in [3.8, 4) is 12.3 Å². The van der Waals surface area contributed by atoms with Gasteiger partial charge in [-0.05, 0) is 37.7 Å². The summed E-state index contributed by atoms with van der Waals surface area (Å²) >= 11 is 1.73. The molecule has 0 atom stereocenters. The fourth-order valence-electron chi connectivity index (χ4n) is 1.97. The first-order chi connectivity index (χ1) is 6.90. The van der Waals surface area contributed by atoms with Crippen molar-refractivity contribution in [3.63, 3.8) is 0 Å². The zero-order valence-electron chi connectivity index (χ0n) is 8.31. The van der Waals surface area contributed by atoms with Gasteiger partial charge in [-0.2, -0.15) is 0 Å². The van der Waals surface area contributed by atoms with Crippen LogP contribution in [0.25, 0.3) is 0 Å². The molecule has 0 radical (unpaired) electrons. The smallest absolute Gasteiger partial charge is 0.0695 e. The van der Waals surface area contributed by atoms with E-state index in [9.17, 15) is 0 Å². The van der Waals surface area contributed by atoms with E-state index in [0.29, 0.717) is 0 Å². The molecule has 1 heterocycles. The molecule has 2 aliphatic rings. The van der Waals surface area contributed by atoms with Gasteiger partial charge in [0, 0.05) is 5.70 Å². The van der Waals surface area contributed by atoms with E-state index in [2.05, 4.69) is 17.3 Å². The molecular formula is C12H15NS. The number of thioether (sulfide) groups is 1. The van der Waals surface area contributed by atoms with Crippen LogP contribution in [0.2, 0.25) is 0 Å². The van der Waals surface area contributed by atoms with Crippen LogP contribution in [0, 0.1) is 12.3 Å². The predicted octanol–water partition coefficient (Wildman–Crippen LogP) is 3.02. The monoisotopic (exact) mass is 205 g/mol. The van der Waals surface area contributed by atoms with Crippen molar-refractivity contribution in [3.05, 3.63) is 22.4 Å². The Labute approximate surface area is 90.0 Å². The Morgan fingerprint density at radius 2 is 2.29 bits per heavy atom. The lowest BCUT2D eigenvalue weighted by Gasteiger charge is -2.25. The van der Waals surface area contributed by atoms with Gasteiger partial charge in [0.15, 0.2) is 0 Å². The summed E-state index contributed by atoms with van der Waals surface area (Å²) < 4.78 is 0. The SMILES string of the molecule is C#CCSC1=CCC2=C(CCCC2)N1. The molecule has 2 heteroatoms. The van der Waals surface area contributed by atoms with Gasteiger partial charge in [-0.3, -0.25) is 0 Å². The number of hydrogen-bond donors (Lipinski definition) is 1. The number of hydrogen-bond acceptors (Lipinski definition) is 2. The van der Waals surface area contributed by atoms with E-state index in [1.165, 1.54) is 36.4 Å². The highest BCUT2D eigenvalue weighted by atomic mass is 32.2. The maximum absolute atomic E-state index is 5.24. The molecule has 1 aliphatic heterocycles. The quantitative estimate of drug-likeness (QED) is 0.695. The van der Waals surface area contributed by atoms with Gasteiger partial charge in [-0.25, -0.2) is 0 Å². The third-order valence-electron chi connectivity index (χ3n) is 2.70. The van der Waals surface area contributed by atoms with Crippen LogP contribution < -0.4 is 5.32 Å². The van der Waals surface area contributed by atoms with Crippen LogP contribution in [0.15, 0.2) is 22.4 Å². The van der Waals surface area contributed by atoms with Crippen molar-refractivity contribution in [2.75, 3.05) is 5.75 Å². The molecule has 0 saturated carbocycles. The molecule has 1 N–H and O–H groups in total. The number of allylic oxidation sites excluding steroid dienone is 3. The van der Waals surface area contributed by atoms with Gasteiger partial charge in [0.05, 0.1) is 10.8 Å². The van der Waals surface area contributed by atoms with Crippen LogP contribution >= 0.6 is 11.8 Å². The van der Waals surface area contributed by atoms with Crippen molar-refractivity contribution < 1.29 is 0 Å². The van der Waals surface area contributed by atoms with E-state index >= 15 is 0 Å². The minimum absolute atomic E-state index is 0.765. The topological polar surface area (TPSA) is 12.0 Å². The maximum atomic E-state index is 5.24. The summed E-state index contributed by atoms with van der Waals surface area (Å²) in [5, 5.41) is 4.75. The first-order valence-electron chi connectivity index (χ1n) is 5.14. The molecule has 0 amide bonds. The standard InChI is InChI=1S/C12H15NS/c1-2-9-14-12-8-7-10-5-3-4-6-11(10)13-12/h1,8,13H,3-7,9H2. The maximum Gasteiger partial charge on any atom is 0.0695 e. The number of rotatable bonds is 2.